The molecule has 0 saturated heterocycles. The number of hydrogen-bond donors (Lipinski definition) is 3. The number of nitrogens with one attached hydrogen (secondary N) is 1. The van der Waals surface area contributed by atoms with E-state index in [-0.39, 0.29) is 5.57 Å². The van der Waals surface area contributed by atoms with Crippen LogP contribution in [0.25, 0.3) is 16.7 Å². The average molecular weight is 510 g/mol. The van der Waals surface area contributed by atoms with E-state index in [1.165, 1.54) is 0 Å². The molecule has 7 heteroatoms. The second-order valence-electron chi connectivity index (χ2n) is 7.42. The normalized spacial score (nSPS) is 12.3. The molecule has 0 atom stereocenters. The standard InChI is InChI=1S/C26H25BrFN3O2/c1-3-21(18-9-6-8-17(13-18)16(2)31-33)25(28)26(32)30-24-12-11-19(14-23(24)27)22-10-5-4-7-20(22)15-29/h4-14,33H,3,15,29H2,1-2H3,(H,30,32)/b25-21+,31-16-. The Bertz CT molecular complexity index is 1240. The molecule has 33 heavy (non-hydrogen) atoms. The first-order valence-electron chi connectivity index (χ1n) is 10.5. The molecule has 170 valence electrons. The smallest absolute Gasteiger partial charge is 0.284 e. The van der Waals surface area contributed by atoms with Gasteiger partial charge in [0.25, 0.3) is 5.91 Å². The van der Waals surface area contributed by atoms with Crippen LogP contribution in [0.1, 0.15) is 37.0 Å². The van der Waals surface area contributed by atoms with E-state index in [4.69, 9.17) is 10.9 Å². The number of amides is 1. The third-order valence-electron chi connectivity index (χ3n) is 5.36. The number of benzene rings is 3. The van der Waals surface area contributed by atoms with Crippen LogP contribution in [-0.2, 0) is 11.3 Å². The van der Waals surface area contributed by atoms with Crippen LogP contribution < -0.4 is 11.1 Å². The number of anilines is 1. The molecule has 0 saturated carbocycles. The average Bonchev–Trinajstić information content (AvgIpc) is 2.85. The Labute approximate surface area is 201 Å². The summed E-state index contributed by atoms with van der Waals surface area (Å²) in [5.41, 5.74) is 11.1. The fourth-order valence-corrected chi connectivity index (χ4v) is 4.03. The van der Waals surface area contributed by atoms with Crippen molar-refractivity contribution in [3.05, 3.63) is 93.7 Å². The van der Waals surface area contributed by atoms with Crippen LogP contribution in [0.5, 0.6) is 0 Å². The van der Waals surface area contributed by atoms with Crippen LogP contribution in [0.3, 0.4) is 0 Å². The third kappa shape index (κ3) is 5.56. The summed E-state index contributed by atoms with van der Waals surface area (Å²) in [6.45, 7) is 3.83. The van der Waals surface area contributed by atoms with Crippen molar-refractivity contribution in [2.75, 3.05) is 5.32 Å². The molecule has 0 heterocycles. The first-order valence-corrected chi connectivity index (χ1v) is 11.3. The summed E-state index contributed by atoms with van der Waals surface area (Å²) in [6, 6.07) is 20.2. The van der Waals surface area contributed by atoms with Crippen LogP contribution in [0, 0.1) is 0 Å². The van der Waals surface area contributed by atoms with Gasteiger partial charge in [-0.05, 0) is 75.3 Å². The van der Waals surface area contributed by atoms with E-state index in [2.05, 4.69) is 26.4 Å². The molecule has 0 unspecified atom stereocenters. The number of nitrogens with two attached hydrogens (primary N) is 1. The lowest BCUT2D eigenvalue weighted by atomic mass is 9.98. The third-order valence-corrected chi connectivity index (χ3v) is 6.02. The van der Waals surface area contributed by atoms with Crippen LogP contribution in [0.4, 0.5) is 10.1 Å². The zero-order valence-electron chi connectivity index (χ0n) is 18.4. The maximum absolute atomic E-state index is 15.2. The van der Waals surface area contributed by atoms with Crippen molar-refractivity contribution in [3.8, 4) is 11.1 Å². The van der Waals surface area contributed by atoms with Crippen molar-refractivity contribution in [2.24, 2.45) is 10.9 Å². The molecule has 0 aliphatic heterocycles. The van der Waals surface area contributed by atoms with E-state index in [9.17, 15) is 4.79 Å². The van der Waals surface area contributed by atoms with Gasteiger partial charge in [-0.15, -0.1) is 0 Å². The van der Waals surface area contributed by atoms with Gasteiger partial charge in [-0.25, -0.2) is 4.39 Å². The lowest BCUT2D eigenvalue weighted by molar-refractivity contribution is -0.114. The summed E-state index contributed by atoms with van der Waals surface area (Å²) in [4.78, 5) is 12.7. The van der Waals surface area contributed by atoms with Crippen molar-refractivity contribution in [1.29, 1.82) is 0 Å². The second-order valence-corrected chi connectivity index (χ2v) is 8.28. The Balaban J connectivity index is 1.89. The molecule has 3 aromatic rings. The minimum Gasteiger partial charge on any atom is -0.411 e. The zero-order valence-corrected chi connectivity index (χ0v) is 20.0. The highest BCUT2D eigenvalue weighted by Crippen LogP contribution is 2.32. The summed E-state index contributed by atoms with van der Waals surface area (Å²) in [6.07, 6.45) is 0.313. The van der Waals surface area contributed by atoms with Gasteiger partial charge in [-0.1, -0.05) is 60.6 Å². The molecule has 0 spiro atoms. The first-order chi connectivity index (χ1) is 15.9. The van der Waals surface area contributed by atoms with Gasteiger partial charge in [0.2, 0.25) is 0 Å². The van der Waals surface area contributed by atoms with Gasteiger partial charge < -0.3 is 16.3 Å². The quantitative estimate of drug-likeness (QED) is 0.147. The highest BCUT2D eigenvalue weighted by atomic mass is 79.9. The van der Waals surface area contributed by atoms with Crippen molar-refractivity contribution < 1.29 is 14.4 Å². The maximum atomic E-state index is 15.2. The molecule has 0 radical (unpaired) electrons. The van der Waals surface area contributed by atoms with E-state index in [1.54, 1.807) is 44.2 Å². The summed E-state index contributed by atoms with van der Waals surface area (Å²) in [5.74, 6) is -1.70. The number of carbonyl (C=O) groups is 1. The lowest BCUT2D eigenvalue weighted by Crippen LogP contribution is -2.14. The predicted octanol–water partition coefficient (Wildman–Crippen LogP) is 6.50. The highest BCUT2D eigenvalue weighted by Gasteiger charge is 2.18. The first kappa shape index (κ1) is 24.4. The summed E-state index contributed by atoms with van der Waals surface area (Å²) in [7, 11) is 0. The Morgan fingerprint density at radius 3 is 2.48 bits per heavy atom. The van der Waals surface area contributed by atoms with E-state index in [0.29, 0.717) is 40.0 Å². The topological polar surface area (TPSA) is 87.7 Å². The summed E-state index contributed by atoms with van der Waals surface area (Å²) in [5, 5.41) is 14.8. The Morgan fingerprint density at radius 1 is 1.09 bits per heavy atom. The number of halogens is 2. The van der Waals surface area contributed by atoms with Crippen molar-refractivity contribution in [2.45, 2.75) is 26.8 Å². The number of allylic oxidation sites excluding steroid dienone is 1. The molecule has 0 aliphatic rings. The Kier molecular flexibility index (Phi) is 8.14. The van der Waals surface area contributed by atoms with Gasteiger partial charge >= 0.3 is 0 Å². The molecule has 0 aromatic heterocycles. The lowest BCUT2D eigenvalue weighted by Gasteiger charge is -2.13. The van der Waals surface area contributed by atoms with E-state index >= 15 is 4.39 Å². The Morgan fingerprint density at radius 2 is 1.82 bits per heavy atom. The van der Waals surface area contributed by atoms with E-state index in [0.717, 1.165) is 16.7 Å². The molecule has 4 N–H and O–H groups in total. The maximum Gasteiger partial charge on any atom is 0.284 e. The fraction of sp³-hybridized carbons (Fsp3) is 0.154. The van der Waals surface area contributed by atoms with Crippen LogP contribution in [0.2, 0.25) is 0 Å². The minimum absolute atomic E-state index is 0.268. The number of oxime groups is 1. The van der Waals surface area contributed by atoms with Gasteiger partial charge in [0.15, 0.2) is 5.83 Å². The fourth-order valence-electron chi connectivity index (χ4n) is 3.55. The number of nitrogens with zero attached hydrogens (tertiary/aromatic N) is 1. The summed E-state index contributed by atoms with van der Waals surface area (Å²) < 4.78 is 15.8. The molecule has 1 amide bonds. The van der Waals surface area contributed by atoms with E-state index in [1.807, 2.05) is 36.4 Å². The van der Waals surface area contributed by atoms with Gasteiger partial charge in [0.1, 0.15) is 0 Å². The molecule has 0 bridgehead atoms. The molecule has 3 aromatic carbocycles. The van der Waals surface area contributed by atoms with Crippen molar-refractivity contribution in [1.82, 2.24) is 0 Å². The largest absolute Gasteiger partial charge is 0.411 e. The van der Waals surface area contributed by atoms with E-state index < -0.39 is 11.7 Å². The number of carbonyl (C=O) groups excluding carboxylic acids is 1. The molecular formula is C26H25BrFN3O2. The molecule has 0 fully saturated rings. The van der Waals surface area contributed by atoms with Gasteiger partial charge in [0.05, 0.1) is 11.4 Å². The second kappa shape index (κ2) is 11.0. The van der Waals surface area contributed by atoms with Crippen LogP contribution in [0.15, 0.2) is 82.2 Å². The molecule has 3 rings (SSSR count). The van der Waals surface area contributed by atoms with Crippen LogP contribution in [-0.4, -0.2) is 16.8 Å². The van der Waals surface area contributed by atoms with Gasteiger partial charge in [-0.3, -0.25) is 4.79 Å². The summed E-state index contributed by atoms with van der Waals surface area (Å²) >= 11 is 3.48. The van der Waals surface area contributed by atoms with Gasteiger partial charge in [0, 0.05) is 16.6 Å². The highest BCUT2D eigenvalue weighted by molar-refractivity contribution is 9.10. The number of hydrogen-bond acceptors (Lipinski definition) is 4. The minimum atomic E-state index is -0.863. The molecule has 5 nitrogen and oxygen atoms in total. The number of rotatable bonds is 7. The van der Waals surface area contributed by atoms with Crippen molar-refractivity contribution in [3.63, 3.8) is 0 Å². The molecule has 0 aliphatic carbocycles. The van der Waals surface area contributed by atoms with Crippen LogP contribution >= 0.6 is 15.9 Å². The van der Waals surface area contributed by atoms with Crippen molar-refractivity contribution >= 4 is 38.8 Å². The van der Waals surface area contributed by atoms with Gasteiger partial charge in [-0.2, -0.15) is 0 Å². The molecular weight excluding hydrogens is 485 g/mol. The monoisotopic (exact) mass is 509 g/mol. The SMILES string of the molecule is CC/C(=C(\F)C(=O)Nc1ccc(-c2ccccc2CN)cc1Br)c1cccc(/C(C)=N\O)c1. The predicted molar refractivity (Wildman–Crippen MR) is 135 cm³/mol. The zero-order chi connectivity index (χ0) is 24.0. The Hall–Kier alpha value is -3.29.